The van der Waals surface area contributed by atoms with Crippen LogP contribution in [0.15, 0.2) is 12.2 Å². The molecule has 0 radical (unpaired) electrons. The number of phosphoric ester groups is 2. The molecule has 0 aliphatic carbocycles. The van der Waals surface area contributed by atoms with Crippen LogP contribution >= 0.6 is 15.6 Å². The van der Waals surface area contributed by atoms with Gasteiger partial charge in [-0.05, 0) is 51.4 Å². The Hall–Kier alpha value is -2.20. The summed E-state index contributed by atoms with van der Waals surface area (Å²) in [7, 11) is -9.92. The number of rotatable bonds is 81. The standard InChI is InChI=1S/C81H156O17P2/c1-5-9-13-17-21-25-29-33-36-37-40-44-48-52-56-60-64-68-81(86)98-76(71-91-78(83)65-61-57-53-49-45-41-32-28-24-20-16-12-8-4)73-95-99(87,88)93-69-75(82)70-94-100(89,90)96-74-77(97-80(85)67-63-59-55-51-47-43-39-35-31-27-23-19-15-11-7-3)72-92-79(84)66-62-58-54-50-46-42-38-34-30-26-22-18-14-10-6-2/h34,38,75-77,82H,5-33,35-37,39-74H2,1-4H3,(H,87,88)(H,89,90)/b38-34-/t75-,76+,77+/m0/s1. The van der Waals surface area contributed by atoms with Gasteiger partial charge in [0.1, 0.15) is 19.3 Å². The molecule has 0 aromatic rings. The number of carbonyl (C=O) groups is 4. The number of aliphatic hydroxyl groups is 1. The van der Waals surface area contributed by atoms with E-state index in [0.717, 1.165) is 109 Å². The summed E-state index contributed by atoms with van der Waals surface area (Å²) >= 11 is 0. The van der Waals surface area contributed by atoms with Crippen LogP contribution in [-0.2, 0) is 65.4 Å². The van der Waals surface area contributed by atoms with Crippen molar-refractivity contribution in [2.75, 3.05) is 39.6 Å². The van der Waals surface area contributed by atoms with Gasteiger partial charge in [-0.15, -0.1) is 0 Å². The van der Waals surface area contributed by atoms with E-state index >= 15 is 0 Å². The van der Waals surface area contributed by atoms with E-state index in [9.17, 15) is 43.2 Å². The van der Waals surface area contributed by atoms with E-state index in [4.69, 9.17) is 37.0 Å². The van der Waals surface area contributed by atoms with E-state index < -0.39 is 97.5 Å². The normalized spacial score (nSPS) is 13.9. The van der Waals surface area contributed by atoms with Crippen LogP contribution in [0.2, 0.25) is 0 Å². The maximum atomic E-state index is 13.1. The van der Waals surface area contributed by atoms with Crippen LogP contribution in [0.25, 0.3) is 0 Å². The lowest BCUT2D eigenvalue weighted by Gasteiger charge is -2.21. The highest BCUT2D eigenvalue weighted by molar-refractivity contribution is 7.47. The average molecular weight is 1460 g/mol. The minimum Gasteiger partial charge on any atom is -0.462 e. The largest absolute Gasteiger partial charge is 0.472 e. The molecule has 0 spiro atoms. The first-order valence-corrected chi connectivity index (χ1v) is 44.9. The summed E-state index contributed by atoms with van der Waals surface area (Å²) in [5.41, 5.74) is 0. The van der Waals surface area contributed by atoms with Crippen molar-refractivity contribution in [3.8, 4) is 0 Å². The number of hydrogen-bond acceptors (Lipinski definition) is 15. The van der Waals surface area contributed by atoms with Crippen LogP contribution in [0.3, 0.4) is 0 Å². The molecule has 3 N–H and O–H groups in total. The topological polar surface area (TPSA) is 237 Å². The molecular weight excluding hydrogens is 1310 g/mol. The third kappa shape index (κ3) is 74.1. The lowest BCUT2D eigenvalue weighted by Crippen LogP contribution is -2.30. The number of ether oxygens (including phenoxy) is 4. The number of allylic oxidation sites excluding steroid dienone is 2. The predicted octanol–water partition coefficient (Wildman–Crippen LogP) is 24.3. The van der Waals surface area contributed by atoms with Crippen LogP contribution in [0.4, 0.5) is 0 Å². The fourth-order valence-corrected chi connectivity index (χ4v) is 13.9. The molecule has 592 valence electrons. The van der Waals surface area contributed by atoms with Crippen molar-refractivity contribution in [3.05, 3.63) is 12.2 Å². The Morgan fingerprint density at radius 3 is 0.690 bits per heavy atom. The van der Waals surface area contributed by atoms with Crippen molar-refractivity contribution < 1.29 is 80.2 Å². The van der Waals surface area contributed by atoms with Crippen molar-refractivity contribution >= 4 is 39.5 Å². The van der Waals surface area contributed by atoms with Gasteiger partial charge in [0.25, 0.3) is 0 Å². The van der Waals surface area contributed by atoms with Crippen LogP contribution in [0, 0.1) is 0 Å². The molecule has 0 heterocycles. The molecule has 0 amide bonds. The van der Waals surface area contributed by atoms with Crippen LogP contribution < -0.4 is 0 Å². The van der Waals surface area contributed by atoms with Gasteiger partial charge in [0.15, 0.2) is 12.2 Å². The zero-order chi connectivity index (χ0) is 73.2. The number of esters is 4. The predicted molar refractivity (Wildman–Crippen MR) is 409 cm³/mol. The van der Waals surface area contributed by atoms with Crippen LogP contribution in [0.5, 0.6) is 0 Å². The summed E-state index contributed by atoms with van der Waals surface area (Å²) in [4.78, 5) is 73.1. The van der Waals surface area contributed by atoms with E-state index in [2.05, 4.69) is 39.8 Å². The van der Waals surface area contributed by atoms with E-state index in [1.165, 1.54) is 238 Å². The summed E-state index contributed by atoms with van der Waals surface area (Å²) in [5.74, 6) is -2.12. The Kier molecular flexibility index (Phi) is 73.4. The number of carbonyl (C=O) groups excluding carboxylic acids is 4. The molecule has 0 saturated heterocycles. The van der Waals surface area contributed by atoms with E-state index in [1.54, 1.807) is 0 Å². The number of aliphatic hydroxyl groups excluding tert-OH is 1. The molecule has 0 aliphatic heterocycles. The second-order valence-corrected chi connectivity index (χ2v) is 31.7. The Morgan fingerprint density at radius 2 is 0.460 bits per heavy atom. The molecular formula is C81H156O17P2. The minimum atomic E-state index is -4.96. The monoisotopic (exact) mass is 1460 g/mol. The molecule has 2 unspecified atom stereocenters. The lowest BCUT2D eigenvalue weighted by molar-refractivity contribution is -0.161. The molecule has 0 aliphatic rings. The summed E-state index contributed by atoms with van der Waals surface area (Å²) in [5, 5.41) is 10.6. The highest BCUT2D eigenvalue weighted by Gasteiger charge is 2.30. The van der Waals surface area contributed by atoms with Gasteiger partial charge in [-0.3, -0.25) is 37.3 Å². The number of unbranched alkanes of at least 4 members (excludes halogenated alkanes) is 53. The highest BCUT2D eigenvalue weighted by Crippen LogP contribution is 2.45. The first kappa shape index (κ1) is 97.8. The Balaban J connectivity index is 5.28. The molecule has 0 fully saturated rings. The molecule has 19 heteroatoms. The van der Waals surface area contributed by atoms with Gasteiger partial charge in [0.05, 0.1) is 26.4 Å². The molecule has 0 saturated carbocycles. The SMILES string of the molecule is CCCCCCCC/C=C\CCCCCCCC(=O)OC[C@H](COP(=O)(O)OC[C@@H](O)COP(=O)(O)OC[C@@H](COC(=O)CCCCCCCCCCCCCCC)OC(=O)CCCCCCCCCCCCCCCCCCC)OC(=O)CCCCCCCCCCCCCCCCC. The van der Waals surface area contributed by atoms with Gasteiger partial charge in [0, 0.05) is 25.7 Å². The average Bonchev–Trinajstić information content (AvgIpc) is 1.11. The smallest absolute Gasteiger partial charge is 0.462 e. The molecule has 0 aromatic heterocycles. The highest BCUT2D eigenvalue weighted by atomic mass is 31.2. The first-order valence-electron chi connectivity index (χ1n) is 41.9. The molecule has 0 aromatic carbocycles. The maximum Gasteiger partial charge on any atom is 0.472 e. The van der Waals surface area contributed by atoms with Gasteiger partial charge in [-0.1, -0.05) is 361 Å². The van der Waals surface area contributed by atoms with E-state index in [-0.39, 0.29) is 25.7 Å². The Labute approximate surface area is 612 Å². The fraction of sp³-hybridized carbons (Fsp3) is 0.926. The van der Waals surface area contributed by atoms with Crippen LogP contribution in [-0.4, -0.2) is 96.7 Å². The molecule has 0 bridgehead atoms. The van der Waals surface area contributed by atoms with Gasteiger partial charge < -0.3 is 33.8 Å². The number of phosphoric acid groups is 2. The zero-order valence-electron chi connectivity index (χ0n) is 64.9. The molecule has 5 atom stereocenters. The van der Waals surface area contributed by atoms with E-state index in [1.807, 2.05) is 0 Å². The number of hydrogen-bond donors (Lipinski definition) is 3. The molecule has 0 rings (SSSR count). The summed E-state index contributed by atoms with van der Waals surface area (Å²) in [6.07, 6.45) is 68.9. The quantitative estimate of drug-likeness (QED) is 0.0169. The summed E-state index contributed by atoms with van der Waals surface area (Å²) < 4.78 is 68.7. The zero-order valence-corrected chi connectivity index (χ0v) is 66.7. The van der Waals surface area contributed by atoms with Gasteiger partial charge in [-0.2, -0.15) is 0 Å². The Bertz CT molecular complexity index is 1940. The van der Waals surface area contributed by atoms with Crippen LogP contribution in [0.1, 0.15) is 426 Å². The second-order valence-electron chi connectivity index (χ2n) is 28.8. The van der Waals surface area contributed by atoms with Gasteiger partial charge in [0.2, 0.25) is 0 Å². The molecule has 17 nitrogen and oxygen atoms in total. The van der Waals surface area contributed by atoms with Crippen molar-refractivity contribution in [1.82, 2.24) is 0 Å². The van der Waals surface area contributed by atoms with Crippen molar-refractivity contribution in [1.29, 1.82) is 0 Å². The second kappa shape index (κ2) is 75.0. The lowest BCUT2D eigenvalue weighted by atomic mass is 10.0. The third-order valence-electron chi connectivity index (χ3n) is 18.8. The van der Waals surface area contributed by atoms with Gasteiger partial charge >= 0.3 is 39.5 Å². The minimum absolute atomic E-state index is 0.105. The van der Waals surface area contributed by atoms with Crippen molar-refractivity contribution in [3.63, 3.8) is 0 Å². The fourth-order valence-electron chi connectivity index (χ4n) is 12.3. The van der Waals surface area contributed by atoms with E-state index in [0.29, 0.717) is 25.7 Å². The maximum absolute atomic E-state index is 13.1. The third-order valence-corrected chi connectivity index (χ3v) is 20.7. The van der Waals surface area contributed by atoms with Crippen molar-refractivity contribution in [2.24, 2.45) is 0 Å². The molecule has 100 heavy (non-hydrogen) atoms. The first-order chi connectivity index (χ1) is 48.7. The summed E-state index contributed by atoms with van der Waals surface area (Å²) in [6, 6.07) is 0. The Morgan fingerprint density at radius 1 is 0.270 bits per heavy atom. The summed E-state index contributed by atoms with van der Waals surface area (Å²) in [6.45, 7) is 5.01. The van der Waals surface area contributed by atoms with Crippen molar-refractivity contribution in [2.45, 2.75) is 444 Å². The van der Waals surface area contributed by atoms with Gasteiger partial charge in [-0.25, -0.2) is 9.13 Å².